The number of allylic oxidation sites excluding steroid dienone is 2. The minimum atomic E-state index is -1.45. The number of carbonyl (C=O) groups excluding carboxylic acids is 3. The number of rotatable bonds is 4. The quantitative estimate of drug-likeness (QED) is 0.328. The van der Waals surface area contributed by atoms with E-state index in [0.29, 0.717) is 30.3 Å². The molecule has 2 aliphatic rings. The maximum atomic E-state index is 12.3. The van der Waals surface area contributed by atoms with Gasteiger partial charge in [0.15, 0.2) is 0 Å². The highest BCUT2D eigenvalue weighted by atomic mass is 16.6. The Bertz CT molecular complexity index is 729. The van der Waals surface area contributed by atoms with Crippen LogP contribution in [0.3, 0.4) is 0 Å². The monoisotopic (exact) mass is 376 g/mol. The molecule has 0 amide bonds. The second-order valence-corrected chi connectivity index (χ2v) is 6.55. The summed E-state index contributed by atoms with van der Waals surface area (Å²) in [4.78, 5) is 35.9. The molecule has 1 aliphatic heterocycles. The number of hydrogen-bond donors (Lipinski definition) is 2. The summed E-state index contributed by atoms with van der Waals surface area (Å²) >= 11 is 0. The lowest BCUT2D eigenvalue weighted by molar-refractivity contribution is -0.153. The van der Waals surface area contributed by atoms with E-state index in [1.54, 1.807) is 26.0 Å². The van der Waals surface area contributed by atoms with Gasteiger partial charge in [-0.25, -0.2) is 9.59 Å². The van der Waals surface area contributed by atoms with Crippen molar-refractivity contribution in [3.63, 3.8) is 0 Å². The fourth-order valence-electron chi connectivity index (χ4n) is 3.10. The summed E-state index contributed by atoms with van der Waals surface area (Å²) in [5.74, 6) is -2.24. The fraction of sp³-hybridized carbons (Fsp3) is 0.450. The molecule has 1 fully saturated rings. The zero-order valence-corrected chi connectivity index (χ0v) is 15.4. The van der Waals surface area contributed by atoms with Gasteiger partial charge in [0.2, 0.25) is 0 Å². The van der Waals surface area contributed by atoms with Crippen molar-refractivity contribution in [3.05, 3.63) is 47.1 Å². The van der Waals surface area contributed by atoms with Crippen LogP contribution in [0.15, 0.2) is 47.1 Å². The molecule has 0 bridgehead atoms. The van der Waals surface area contributed by atoms with E-state index in [4.69, 9.17) is 9.47 Å². The zero-order chi connectivity index (χ0) is 20.1. The first-order valence-electron chi connectivity index (χ1n) is 8.71. The van der Waals surface area contributed by atoms with Crippen LogP contribution in [0.2, 0.25) is 0 Å². The maximum Gasteiger partial charge on any atom is 0.334 e. The number of aliphatic hydroxyl groups excluding tert-OH is 2. The van der Waals surface area contributed by atoms with Crippen LogP contribution >= 0.6 is 0 Å². The number of aldehydes is 1. The normalized spacial score (nSPS) is 29.3. The molecule has 0 aromatic carbocycles. The smallest absolute Gasteiger partial charge is 0.334 e. The minimum absolute atomic E-state index is 0.0364. The molecule has 0 unspecified atom stereocenters. The van der Waals surface area contributed by atoms with Gasteiger partial charge >= 0.3 is 11.9 Å². The third-order valence-corrected chi connectivity index (χ3v) is 4.85. The molecule has 2 N–H and O–H groups in total. The summed E-state index contributed by atoms with van der Waals surface area (Å²) in [6.45, 7) is 6.68. The van der Waals surface area contributed by atoms with Gasteiger partial charge in [-0.2, -0.15) is 0 Å². The molecule has 0 aromatic heterocycles. The molecule has 1 saturated heterocycles. The molecule has 146 valence electrons. The summed E-state index contributed by atoms with van der Waals surface area (Å²) in [6.07, 6.45) is 2.43. The summed E-state index contributed by atoms with van der Waals surface area (Å²) in [5, 5.41) is 20.3. The van der Waals surface area contributed by atoms with Crippen LogP contribution in [0.5, 0.6) is 0 Å². The topological polar surface area (TPSA) is 110 Å². The molecule has 0 spiro atoms. The minimum Gasteiger partial charge on any atom is -0.455 e. The molecule has 0 radical (unpaired) electrons. The summed E-state index contributed by atoms with van der Waals surface area (Å²) in [6, 6.07) is 0. The molecule has 1 heterocycles. The number of aliphatic hydroxyl groups is 2. The van der Waals surface area contributed by atoms with E-state index in [2.05, 4.69) is 6.58 Å². The van der Waals surface area contributed by atoms with Crippen LogP contribution in [-0.2, 0) is 23.9 Å². The average molecular weight is 376 g/mol. The van der Waals surface area contributed by atoms with Gasteiger partial charge in [0.25, 0.3) is 0 Å². The highest BCUT2D eigenvalue weighted by Crippen LogP contribution is 2.36. The number of fused-ring (bicyclic) bond motifs is 1. The van der Waals surface area contributed by atoms with Crippen LogP contribution < -0.4 is 0 Å². The maximum absolute atomic E-state index is 12.3. The zero-order valence-electron chi connectivity index (χ0n) is 15.4. The Labute approximate surface area is 157 Å². The van der Waals surface area contributed by atoms with Gasteiger partial charge in [0.05, 0.1) is 12.5 Å². The molecule has 7 nitrogen and oxygen atoms in total. The van der Waals surface area contributed by atoms with Crippen molar-refractivity contribution in [2.45, 2.75) is 45.0 Å². The largest absolute Gasteiger partial charge is 0.455 e. The van der Waals surface area contributed by atoms with Crippen LogP contribution in [0.4, 0.5) is 0 Å². The molecule has 2 rings (SSSR count). The van der Waals surface area contributed by atoms with Gasteiger partial charge in [0, 0.05) is 16.7 Å². The van der Waals surface area contributed by atoms with E-state index in [1.807, 2.05) is 0 Å². The highest BCUT2D eigenvalue weighted by molar-refractivity contribution is 5.92. The van der Waals surface area contributed by atoms with Gasteiger partial charge in [-0.1, -0.05) is 18.7 Å². The molecule has 7 heteroatoms. The molecule has 4 atom stereocenters. The Balaban J connectivity index is 2.54. The first kappa shape index (κ1) is 20.8. The molecule has 1 aliphatic carbocycles. The fourth-order valence-corrected chi connectivity index (χ4v) is 3.10. The average Bonchev–Trinajstić information content (AvgIpc) is 2.94. The SMILES string of the molecule is C=C1C(=O)O[C@@H]2C=C(CO)CCC=C(C=O)[C@H](O)[C@@H](OC(=O)/C(C)=C\C)[C@@H]12. The molecular formula is C20H24O7. The number of hydrogen-bond acceptors (Lipinski definition) is 7. The predicted octanol–water partition coefficient (Wildman–Crippen LogP) is 1.16. The first-order valence-corrected chi connectivity index (χ1v) is 8.71. The van der Waals surface area contributed by atoms with E-state index >= 15 is 0 Å². The van der Waals surface area contributed by atoms with Crippen molar-refractivity contribution in [2.75, 3.05) is 6.61 Å². The van der Waals surface area contributed by atoms with Crippen LogP contribution in [0.1, 0.15) is 26.7 Å². The Morgan fingerprint density at radius 2 is 2.19 bits per heavy atom. The van der Waals surface area contributed by atoms with Crippen LogP contribution in [0.25, 0.3) is 0 Å². The van der Waals surface area contributed by atoms with Crippen LogP contribution in [0, 0.1) is 5.92 Å². The summed E-state index contributed by atoms with van der Waals surface area (Å²) < 4.78 is 10.8. The van der Waals surface area contributed by atoms with Gasteiger partial charge in [0.1, 0.15) is 24.6 Å². The van der Waals surface area contributed by atoms with Crippen molar-refractivity contribution < 1.29 is 34.1 Å². The Hall–Kier alpha value is -2.51. The van der Waals surface area contributed by atoms with Gasteiger partial charge < -0.3 is 19.7 Å². The lowest BCUT2D eigenvalue weighted by Crippen LogP contribution is -2.43. The second kappa shape index (κ2) is 8.92. The highest BCUT2D eigenvalue weighted by Gasteiger charge is 2.48. The third kappa shape index (κ3) is 4.43. The van der Waals surface area contributed by atoms with Crippen LogP contribution in [-0.4, -0.2) is 53.4 Å². The van der Waals surface area contributed by atoms with Crippen molar-refractivity contribution in [1.29, 1.82) is 0 Å². The third-order valence-electron chi connectivity index (χ3n) is 4.85. The van der Waals surface area contributed by atoms with E-state index < -0.39 is 36.2 Å². The van der Waals surface area contributed by atoms with Crippen molar-refractivity contribution in [1.82, 2.24) is 0 Å². The summed E-state index contributed by atoms with van der Waals surface area (Å²) in [7, 11) is 0. The van der Waals surface area contributed by atoms with Gasteiger partial charge in [-0.05, 0) is 38.3 Å². The summed E-state index contributed by atoms with van der Waals surface area (Å²) in [5.41, 5.74) is 1.00. The van der Waals surface area contributed by atoms with E-state index in [0.717, 1.165) is 0 Å². The molecule has 0 aromatic rings. The van der Waals surface area contributed by atoms with Gasteiger partial charge in [-0.3, -0.25) is 4.79 Å². The molecule has 0 saturated carbocycles. The van der Waals surface area contributed by atoms with Crippen molar-refractivity contribution >= 4 is 18.2 Å². The van der Waals surface area contributed by atoms with E-state index in [9.17, 15) is 24.6 Å². The lowest BCUT2D eigenvalue weighted by atomic mass is 9.83. The Morgan fingerprint density at radius 3 is 2.78 bits per heavy atom. The number of ether oxygens (including phenoxy) is 2. The van der Waals surface area contributed by atoms with Gasteiger partial charge in [-0.15, -0.1) is 0 Å². The number of carbonyl (C=O) groups is 3. The van der Waals surface area contributed by atoms with Crippen molar-refractivity contribution in [3.8, 4) is 0 Å². The van der Waals surface area contributed by atoms with E-state index in [-0.39, 0.29) is 17.8 Å². The van der Waals surface area contributed by atoms with Crippen molar-refractivity contribution in [2.24, 2.45) is 5.92 Å². The Morgan fingerprint density at radius 1 is 1.48 bits per heavy atom. The molecule has 27 heavy (non-hydrogen) atoms. The number of esters is 2. The molecular weight excluding hydrogens is 352 g/mol. The lowest BCUT2D eigenvalue weighted by Gasteiger charge is -2.30. The Kier molecular flexibility index (Phi) is 6.87. The second-order valence-electron chi connectivity index (χ2n) is 6.55. The standard InChI is InChI=1S/C20H24O7/c1-4-11(2)19(24)27-18-16-12(3)20(25)26-15(16)8-13(9-21)6-5-7-14(10-22)17(18)23/h4,7-8,10,15-18,21,23H,3,5-6,9H2,1-2H3/b11-4-,13-8?,14-7?/t15-,16+,17+,18+/m1/s1. The van der Waals surface area contributed by atoms with E-state index in [1.165, 1.54) is 6.08 Å². The predicted molar refractivity (Wildman–Crippen MR) is 96.4 cm³/mol. The first-order chi connectivity index (χ1) is 12.8.